The Morgan fingerprint density at radius 3 is 3.00 bits per heavy atom. The van der Waals surface area contributed by atoms with Crippen LogP contribution in [0.2, 0.25) is 0 Å². The van der Waals surface area contributed by atoms with Gasteiger partial charge in [-0.3, -0.25) is 9.78 Å². The predicted octanol–water partition coefficient (Wildman–Crippen LogP) is 3.77. The van der Waals surface area contributed by atoms with Crippen molar-refractivity contribution in [2.75, 3.05) is 18.8 Å². The molecular weight excluding hydrogens is 300 g/mol. The SMILES string of the molecule is Cc1ncccc1C(=O)N1CCS[C@@H](c2cccs2)CC1. The number of hydrogen-bond acceptors (Lipinski definition) is 4. The fraction of sp³-hybridized carbons (Fsp3) is 0.375. The number of thiophene rings is 1. The lowest BCUT2D eigenvalue weighted by Crippen LogP contribution is -2.33. The van der Waals surface area contributed by atoms with Gasteiger partial charge < -0.3 is 4.90 Å². The second kappa shape index (κ2) is 6.62. The third-order valence-electron chi connectivity index (χ3n) is 3.73. The number of thioether (sulfide) groups is 1. The van der Waals surface area contributed by atoms with E-state index in [0.29, 0.717) is 5.25 Å². The largest absolute Gasteiger partial charge is 0.338 e. The van der Waals surface area contributed by atoms with E-state index in [0.717, 1.165) is 36.5 Å². The number of aryl methyl sites for hydroxylation is 1. The van der Waals surface area contributed by atoms with Crippen molar-refractivity contribution in [2.45, 2.75) is 18.6 Å². The van der Waals surface area contributed by atoms with Crippen molar-refractivity contribution in [2.24, 2.45) is 0 Å². The Bertz CT molecular complexity index is 612. The predicted molar refractivity (Wildman–Crippen MR) is 89.0 cm³/mol. The smallest absolute Gasteiger partial charge is 0.255 e. The average Bonchev–Trinajstić information content (AvgIpc) is 2.92. The summed E-state index contributed by atoms with van der Waals surface area (Å²) >= 11 is 3.78. The summed E-state index contributed by atoms with van der Waals surface area (Å²) in [4.78, 5) is 20.3. The molecule has 3 heterocycles. The van der Waals surface area contributed by atoms with Gasteiger partial charge in [-0.2, -0.15) is 11.8 Å². The molecule has 0 aromatic carbocycles. The molecule has 1 saturated heterocycles. The fourth-order valence-corrected chi connectivity index (χ4v) is 4.79. The first kappa shape index (κ1) is 14.6. The zero-order valence-electron chi connectivity index (χ0n) is 12.0. The van der Waals surface area contributed by atoms with Crippen molar-refractivity contribution < 1.29 is 4.79 Å². The standard InChI is InChI=1S/C16H18N2OS2/c1-12-13(4-2-7-17-12)16(19)18-8-6-15(21-11-9-18)14-5-3-10-20-14/h2-5,7,10,15H,6,8-9,11H2,1H3/t15-/m1/s1. The molecule has 0 bridgehead atoms. The van der Waals surface area contributed by atoms with Crippen LogP contribution in [0.3, 0.4) is 0 Å². The van der Waals surface area contributed by atoms with E-state index in [9.17, 15) is 4.79 Å². The first-order chi connectivity index (χ1) is 10.3. The van der Waals surface area contributed by atoms with E-state index in [-0.39, 0.29) is 5.91 Å². The summed E-state index contributed by atoms with van der Waals surface area (Å²) in [5.74, 6) is 1.11. The molecule has 0 unspecified atom stereocenters. The van der Waals surface area contributed by atoms with E-state index in [1.807, 2.05) is 47.1 Å². The number of hydrogen-bond donors (Lipinski definition) is 0. The van der Waals surface area contributed by atoms with Gasteiger partial charge in [-0.1, -0.05) is 6.07 Å². The summed E-state index contributed by atoms with van der Waals surface area (Å²) in [6, 6.07) is 8.01. The third kappa shape index (κ3) is 3.30. The Morgan fingerprint density at radius 1 is 1.33 bits per heavy atom. The first-order valence-corrected chi connectivity index (χ1v) is 9.04. The van der Waals surface area contributed by atoms with Crippen LogP contribution >= 0.6 is 23.1 Å². The van der Waals surface area contributed by atoms with E-state index >= 15 is 0 Å². The van der Waals surface area contributed by atoms with E-state index in [1.54, 1.807) is 6.20 Å². The van der Waals surface area contributed by atoms with Crippen LogP contribution in [0.4, 0.5) is 0 Å². The maximum absolute atomic E-state index is 12.6. The zero-order chi connectivity index (χ0) is 14.7. The van der Waals surface area contributed by atoms with Crippen LogP contribution in [0.5, 0.6) is 0 Å². The highest BCUT2D eigenvalue weighted by Gasteiger charge is 2.24. The van der Waals surface area contributed by atoms with Gasteiger partial charge in [0.05, 0.1) is 5.56 Å². The van der Waals surface area contributed by atoms with Gasteiger partial charge in [-0.05, 0) is 36.9 Å². The van der Waals surface area contributed by atoms with Gasteiger partial charge in [0.1, 0.15) is 0 Å². The van der Waals surface area contributed by atoms with Crippen molar-refractivity contribution in [1.82, 2.24) is 9.88 Å². The summed E-state index contributed by atoms with van der Waals surface area (Å²) in [6.07, 6.45) is 2.76. The second-order valence-electron chi connectivity index (χ2n) is 5.09. The molecule has 1 amide bonds. The number of nitrogens with zero attached hydrogens (tertiary/aromatic N) is 2. The van der Waals surface area contributed by atoms with E-state index in [4.69, 9.17) is 0 Å². The van der Waals surface area contributed by atoms with Crippen LogP contribution in [0.25, 0.3) is 0 Å². The van der Waals surface area contributed by atoms with Gasteiger partial charge in [0.15, 0.2) is 0 Å². The van der Waals surface area contributed by atoms with Gasteiger partial charge in [0, 0.05) is 40.9 Å². The van der Waals surface area contributed by atoms with Crippen LogP contribution in [0, 0.1) is 6.92 Å². The molecule has 1 aliphatic heterocycles. The molecule has 2 aromatic rings. The van der Waals surface area contributed by atoms with Gasteiger partial charge >= 0.3 is 0 Å². The molecule has 5 heteroatoms. The minimum Gasteiger partial charge on any atom is -0.338 e. The molecular formula is C16H18N2OS2. The van der Waals surface area contributed by atoms with Crippen LogP contribution in [0.1, 0.15) is 32.6 Å². The summed E-state index contributed by atoms with van der Waals surface area (Å²) in [6.45, 7) is 3.54. The van der Waals surface area contributed by atoms with Crippen molar-refractivity contribution in [3.8, 4) is 0 Å². The van der Waals surface area contributed by atoms with Crippen molar-refractivity contribution in [1.29, 1.82) is 0 Å². The number of carbonyl (C=O) groups excluding carboxylic acids is 1. The van der Waals surface area contributed by atoms with Crippen LogP contribution in [0.15, 0.2) is 35.8 Å². The fourth-order valence-electron chi connectivity index (χ4n) is 2.56. The molecule has 1 atom stereocenters. The first-order valence-electron chi connectivity index (χ1n) is 7.11. The quantitative estimate of drug-likeness (QED) is 0.845. The Morgan fingerprint density at radius 2 is 2.24 bits per heavy atom. The minimum absolute atomic E-state index is 0.119. The van der Waals surface area contributed by atoms with Gasteiger partial charge in [0.2, 0.25) is 0 Å². The highest BCUT2D eigenvalue weighted by atomic mass is 32.2. The molecule has 110 valence electrons. The summed E-state index contributed by atoms with van der Waals surface area (Å²) in [5, 5.41) is 2.65. The van der Waals surface area contributed by atoms with Crippen LogP contribution < -0.4 is 0 Å². The second-order valence-corrected chi connectivity index (χ2v) is 7.38. The molecule has 0 saturated carbocycles. The Kier molecular flexibility index (Phi) is 4.60. The molecule has 2 aromatic heterocycles. The molecule has 0 N–H and O–H groups in total. The Labute approximate surface area is 133 Å². The number of rotatable bonds is 2. The molecule has 0 spiro atoms. The van der Waals surface area contributed by atoms with E-state index in [2.05, 4.69) is 22.5 Å². The van der Waals surface area contributed by atoms with E-state index in [1.165, 1.54) is 4.88 Å². The van der Waals surface area contributed by atoms with Gasteiger partial charge in [-0.15, -0.1) is 11.3 Å². The molecule has 0 radical (unpaired) electrons. The molecule has 1 aliphatic rings. The Balaban J connectivity index is 1.70. The minimum atomic E-state index is 0.119. The molecule has 3 rings (SSSR count). The maximum Gasteiger partial charge on any atom is 0.255 e. The molecule has 0 aliphatic carbocycles. The summed E-state index contributed by atoms with van der Waals surface area (Å²) < 4.78 is 0. The topological polar surface area (TPSA) is 33.2 Å². The lowest BCUT2D eigenvalue weighted by molar-refractivity contribution is 0.0765. The van der Waals surface area contributed by atoms with Crippen molar-refractivity contribution in [3.05, 3.63) is 52.0 Å². The summed E-state index contributed by atoms with van der Waals surface area (Å²) in [5.41, 5.74) is 1.55. The number of amides is 1. The number of pyridine rings is 1. The zero-order valence-corrected chi connectivity index (χ0v) is 13.6. The number of carbonyl (C=O) groups is 1. The van der Waals surface area contributed by atoms with E-state index < -0.39 is 0 Å². The van der Waals surface area contributed by atoms with Gasteiger partial charge in [-0.25, -0.2) is 0 Å². The highest BCUT2D eigenvalue weighted by molar-refractivity contribution is 7.99. The van der Waals surface area contributed by atoms with Crippen LogP contribution in [-0.4, -0.2) is 34.6 Å². The summed E-state index contributed by atoms with van der Waals surface area (Å²) in [7, 11) is 0. The van der Waals surface area contributed by atoms with Crippen molar-refractivity contribution in [3.63, 3.8) is 0 Å². The maximum atomic E-state index is 12.6. The molecule has 1 fully saturated rings. The van der Waals surface area contributed by atoms with Crippen LogP contribution in [-0.2, 0) is 0 Å². The molecule has 3 nitrogen and oxygen atoms in total. The normalized spacial score (nSPS) is 19.3. The molecule has 21 heavy (non-hydrogen) atoms. The highest BCUT2D eigenvalue weighted by Crippen LogP contribution is 2.36. The third-order valence-corrected chi connectivity index (χ3v) is 6.17. The lowest BCUT2D eigenvalue weighted by Gasteiger charge is -2.20. The lowest BCUT2D eigenvalue weighted by atomic mass is 10.1. The van der Waals surface area contributed by atoms with Gasteiger partial charge in [0.25, 0.3) is 5.91 Å². The Hall–Kier alpha value is -1.33. The average molecular weight is 318 g/mol. The monoisotopic (exact) mass is 318 g/mol. The van der Waals surface area contributed by atoms with Crippen molar-refractivity contribution >= 4 is 29.0 Å². The number of aromatic nitrogens is 1.